The third kappa shape index (κ3) is 14.2. The van der Waals surface area contributed by atoms with Gasteiger partial charge in [0.15, 0.2) is 12.6 Å². The first kappa shape index (κ1) is 39.9. The fourth-order valence-corrected chi connectivity index (χ4v) is 5.09. The predicted octanol–water partition coefficient (Wildman–Crippen LogP) is -0.211. The number of carbonyl (C=O) groups excluding carboxylic acids is 1. The van der Waals surface area contributed by atoms with Crippen molar-refractivity contribution in [3.8, 4) is 0 Å². The lowest BCUT2D eigenvalue weighted by Gasteiger charge is -2.42. The van der Waals surface area contributed by atoms with Gasteiger partial charge in [0.2, 0.25) is 0 Å². The number of allylic oxidation sites excluding steroid dienone is 2. The molecule has 0 saturated carbocycles. The molecule has 8 N–H and O–H groups in total. The van der Waals surface area contributed by atoms with Crippen LogP contribution in [-0.4, -0.2) is 141 Å². The van der Waals surface area contributed by atoms with E-state index < -0.39 is 93.3 Å². The minimum absolute atomic E-state index is 0.232. The lowest BCUT2D eigenvalue weighted by atomic mass is 9.98. The van der Waals surface area contributed by atoms with Crippen molar-refractivity contribution in [2.75, 3.05) is 26.4 Å². The molecule has 0 aromatic heterocycles. The number of carbonyl (C=O) groups is 1. The van der Waals surface area contributed by atoms with Crippen LogP contribution in [0.2, 0.25) is 0 Å². The van der Waals surface area contributed by atoms with Crippen LogP contribution >= 0.6 is 0 Å². The molecule has 264 valence electrons. The van der Waals surface area contributed by atoms with Gasteiger partial charge in [-0.25, -0.2) is 0 Å². The minimum Gasteiger partial charge on any atom is -0.463 e. The van der Waals surface area contributed by atoms with Gasteiger partial charge in [0.1, 0.15) is 61.5 Å². The number of hydrogen-bond donors (Lipinski definition) is 8. The van der Waals surface area contributed by atoms with E-state index in [9.17, 15) is 45.6 Å². The van der Waals surface area contributed by atoms with Gasteiger partial charge in [-0.05, 0) is 32.1 Å². The molecule has 14 heteroatoms. The summed E-state index contributed by atoms with van der Waals surface area (Å²) in [6.45, 7) is 0.265. The van der Waals surface area contributed by atoms with E-state index in [2.05, 4.69) is 19.1 Å². The zero-order chi connectivity index (χ0) is 33.2. The monoisotopic (exact) mass is 652 g/mol. The average molecular weight is 653 g/mol. The highest BCUT2D eigenvalue weighted by atomic mass is 16.7. The molecule has 11 atom stereocenters. The number of aliphatic hydroxyl groups excluding tert-OH is 8. The molecule has 0 amide bonds. The van der Waals surface area contributed by atoms with Crippen molar-refractivity contribution < 1.29 is 69.3 Å². The molecule has 0 aromatic carbocycles. The van der Waals surface area contributed by atoms with Crippen LogP contribution in [-0.2, 0) is 28.5 Å². The highest BCUT2D eigenvalue weighted by molar-refractivity contribution is 5.69. The molecular weight excluding hydrogens is 596 g/mol. The third-order valence-electron chi connectivity index (χ3n) is 7.97. The van der Waals surface area contributed by atoms with Gasteiger partial charge in [-0.3, -0.25) is 4.79 Å². The van der Waals surface area contributed by atoms with E-state index >= 15 is 0 Å². The normalized spacial score (nSPS) is 33.0. The van der Waals surface area contributed by atoms with Crippen LogP contribution in [0, 0.1) is 0 Å². The average Bonchev–Trinajstić information content (AvgIpc) is 3.03. The molecule has 2 rings (SSSR count). The number of ether oxygens (including phenoxy) is 5. The van der Waals surface area contributed by atoms with E-state index in [0.29, 0.717) is 6.42 Å². The minimum atomic E-state index is -1.72. The second kappa shape index (κ2) is 22.3. The van der Waals surface area contributed by atoms with Crippen LogP contribution in [0.4, 0.5) is 0 Å². The molecular formula is C31H56O14. The Morgan fingerprint density at radius 3 is 1.84 bits per heavy atom. The van der Waals surface area contributed by atoms with E-state index in [1.165, 1.54) is 25.7 Å². The van der Waals surface area contributed by atoms with Crippen LogP contribution in [0.3, 0.4) is 0 Å². The number of rotatable bonds is 22. The molecule has 0 aromatic rings. The molecule has 45 heavy (non-hydrogen) atoms. The Balaban J connectivity index is 1.61. The van der Waals surface area contributed by atoms with Crippen molar-refractivity contribution in [2.24, 2.45) is 0 Å². The van der Waals surface area contributed by atoms with Gasteiger partial charge < -0.3 is 64.5 Å². The van der Waals surface area contributed by atoms with Crippen molar-refractivity contribution in [2.45, 2.75) is 151 Å². The molecule has 11 unspecified atom stereocenters. The van der Waals surface area contributed by atoms with Gasteiger partial charge in [-0.2, -0.15) is 0 Å². The Hall–Kier alpha value is -1.27. The standard InChI is InChI=1S/C31H56O14/c1-2-3-4-5-6-7-8-9-10-11-12-13-14-15-23(34)41-17-20(33)18-42-30-29(40)27(38)25(36)22(45-30)19-43-31-28(39)26(37)24(35)21(16-32)44-31/h7-8,20-22,24-33,35-40H,2-6,9-19H2,1H3/b8-7-. The van der Waals surface area contributed by atoms with E-state index in [1.807, 2.05) is 0 Å². The summed E-state index contributed by atoms with van der Waals surface area (Å²) >= 11 is 0. The first-order valence-corrected chi connectivity index (χ1v) is 16.3. The van der Waals surface area contributed by atoms with E-state index in [0.717, 1.165) is 38.5 Å². The fourth-order valence-electron chi connectivity index (χ4n) is 5.09. The molecule has 0 spiro atoms. The highest BCUT2D eigenvalue weighted by Crippen LogP contribution is 2.26. The van der Waals surface area contributed by atoms with E-state index in [-0.39, 0.29) is 13.0 Å². The molecule has 2 saturated heterocycles. The first-order chi connectivity index (χ1) is 21.6. The SMILES string of the molecule is CCCCCC/C=C\CCCCCCCC(=O)OCC(O)COC1OC(COC2OC(CO)C(O)C(O)C2O)C(O)C(O)C1O. The Morgan fingerprint density at radius 2 is 1.22 bits per heavy atom. The molecule has 2 aliphatic rings. The molecule has 0 radical (unpaired) electrons. The maximum atomic E-state index is 12.0. The summed E-state index contributed by atoms with van der Waals surface area (Å²) in [6.07, 6.45) is 0.187. The quantitative estimate of drug-likeness (QED) is 0.0430. The first-order valence-electron chi connectivity index (χ1n) is 16.3. The Morgan fingerprint density at radius 1 is 0.689 bits per heavy atom. The van der Waals surface area contributed by atoms with Crippen LogP contribution in [0.25, 0.3) is 0 Å². The lowest BCUT2D eigenvalue weighted by Crippen LogP contribution is -2.61. The maximum Gasteiger partial charge on any atom is 0.305 e. The van der Waals surface area contributed by atoms with Crippen molar-refractivity contribution >= 4 is 5.97 Å². The summed E-state index contributed by atoms with van der Waals surface area (Å²) in [5, 5.41) is 80.2. The van der Waals surface area contributed by atoms with Crippen molar-refractivity contribution in [1.29, 1.82) is 0 Å². The summed E-state index contributed by atoms with van der Waals surface area (Å²) in [5.41, 5.74) is 0. The molecule has 2 aliphatic heterocycles. The number of unbranched alkanes of at least 4 members (excludes halogenated alkanes) is 9. The van der Waals surface area contributed by atoms with Gasteiger partial charge in [-0.15, -0.1) is 0 Å². The van der Waals surface area contributed by atoms with E-state index in [1.54, 1.807) is 0 Å². The number of aliphatic hydroxyl groups is 8. The zero-order valence-corrected chi connectivity index (χ0v) is 26.3. The fraction of sp³-hybridized carbons (Fsp3) is 0.903. The largest absolute Gasteiger partial charge is 0.463 e. The smallest absolute Gasteiger partial charge is 0.305 e. The zero-order valence-electron chi connectivity index (χ0n) is 26.3. The van der Waals surface area contributed by atoms with Crippen LogP contribution in [0.15, 0.2) is 12.2 Å². The van der Waals surface area contributed by atoms with Crippen LogP contribution in [0.1, 0.15) is 84.0 Å². The second-order valence-corrected chi connectivity index (χ2v) is 11.8. The summed E-state index contributed by atoms with van der Waals surface area (Å²) in [6, 6.07) is 0. The Kier molecular flexibility index (Phi) is 19.8. The van der Waals surface area contributed by atoms with Crippen molar-refractivity contribution in [1.82, 2.24) is 0 Å². The lowest BCUT2D eigenvalue weighted by molar-refractivity contribution is -0.332. The topological polar surface area (TPSA) is 225 Å². The number of hydrogen-bond acceptors (Lipinski definition) is 14. The molecule has 2 heterocycles. The summed E-state index contributed by atoms with van der Waals surface area (Å²) < 4.78 is 26.6. The van der Waals surface area contributed by atoms with Gasteiger partial charge in [-0.1, -0.05) is 57.6 Å². The molecule has 14 nitrogen and oxygen atoms in total. The highest BCUT2D eigenvalue weighted by Gasteiger charge is 2.47. The van der Waals surface area contributed by atoms with Gasteiger partial charge in [0.05, 0.1) is 19.8 Å². The second-order valence-electron chi connectivity index (χ2n) is 11.8. The maximum absolute atomic E-state index is 12.0. The van der Waals surface area contributed by atoms with Crippen molar-refractivity contribution in [3.63, 3.8) is 0 Å². The Labute approximate surface area is 265 Å². The number of esters is 1. The molecule has 2 fully saturated rings. The summed E-state index contributed by atoms with van der Waals surface area (Å²) in [7, 11) is 0. The van der Waals surface area contributed by atoms with Gasteiger partial charge in [0, 0.05) is 6.42 Å². The van der Waals surface area contributed by atoms with Crippen LogP contribution in [0.5, 0.6) is 0 Å². The summed E-state index contributed by atoms with van der Waals surface area (Å²) in [4.78, 5) is 12.0. The van der Waals surface area contributed by atoms with Gasteiger partial charge in [0.25, 0.3) is 0 Å². The van der Waals surface area contributed by atoms with Crippen molar-refractivity contribution in [3.05, 3.63) is 12.2 Å². The summed E-state index contributed by atoms with van der Waals surface area (Å²) in [5.74, 6) is -0.446. The van der Waals surface area contributed by atoms with Gasteiger partial charge >= 0.3 is 5.97 Å². The predicted molar refractivity (Wildman–Crippen MR) is 160 cm³/mol. The molecule has 0 aliphatic carbocycles. The van der Waals surface area contributed by atoms with Crippen LogP contribution < -0.4 is 0 Å². The van der Waals surface area contributed by atoms with E-state index in [4.69, 9.17) is 23.7 Å². The molecule has 0 bridgehead atoms. The Bertz CT molecular complexity index is 813. The third-order valence-corrected chi connectivity index (χ3v) is 7.97.